The van der Waals surface area contributed by atoms with E-state index in [2.05, 4.69) is 84.9 Å². The maximum Gasteiger partial charge on any atom is -0.00138 e. The minimum absolute atomic E-state index is 0.708. The van der Waals surface area contributed by atoms with Gasteiger partial charge in [0.15, 0.2) is 0 Å². The summed E-state index contributed by atoms with van der Waals surface area (Å²) in [6.45, 7) is 0. The summed E-state index contributed by atoms with van der Waals surface area (Å²) in [6.07, 6.45) is 13.7. The van der Waals surface area contributed by atoms with Gasteiger partial charge in [0.25, 0.3) is 0 Å². The van der Waals surface area contributed by atoms with Crippen molar-refractivity contribution in [2.45, 2.75) is 76.0 Å². The molecule has 188 valence electrons. The molecule has 0 nitrogen and oxygen atoms in total. The molecule has 0 amide bonds. The Hall–Kier alpha value is -3.38. The summed E-state index contributed by atoms with van der Waals surface area (Å²) >= 11 is 0. The van der Waals surface area contributed by atoms with Gasteiger partial charge in [0, 0.05) is 0 Å². The van der Waals surface area contributed by atoms with Crippen molar-refractivity contribution in [1.29, 1.82) is 0 Å². The third-order valence-electron chi connectivity index (χ3n) is 10.0. The van der Waals surface area contributed by atoms with Crippen LogP contribution in [0.15, 0.2) is 84.9 Å². The highest BCUT2D eigenvalue weighted by Crippen LogP contribution is 2.46. The fourth-order valence-electron chi connectivity index (χ4n) is 8.09. The van der Waals surface area contributed by atoms with E-state index in [-0.39, 0.29) is 0 Å². The van der Waals surface area contributed by atoms with Gasteiger partial charge in [-0.15, -0.1) is 0 Å². The highest BCUT2D eigenvalue weighted by Gasteiger charge is 2.21. The molecule has 0 unspecified atom stereocenters. The molecule has 0 atom stereocenters. The van der Waals surface area contributed by atoms with E-state index in [0.717, 1.165) is 0 Å². The topological polar surface area (TPSA) is 0 Å². The number of hydrogen-bond donors (Lipinski definition) is 0. The molecule has 0 radical (unpaired) electrons. The van der Waals surface area contributed by atoms with E-state index < -0.39 is 0 Å². The summed E-state index contributed by atoms with van der Waals surface area (Å²) < 4.78 is 0. The van der Waals surface area contributed by atoms with Gasteiger partial charge in [-0.2, -0.15) is 0 Å². The van der Waals surface area contributed by atoms with E-state index in [1.165, 1.54) is 118 Å². The summed E-state index contributed by atoms with van der Waals surface area (Å²) in [5.74, 6) is 1.42. The normalized spacial score (nSPS) is 17.8. The zero-order valence-corrected chi connectivity index (χ0v) is 22.3. The quantitative estimate of drug-likeness (QED) is 0.211. The molecular weight excluding hydrogens is 456 g/mol. The van der Waals surface area contributed by atoms with Crippen molar-refractivity contribution in [2.24, 2.45) is 0 Å². The van der Waals surface area contributed by atoms with Crippen molar-refractivity contribution in [3.05, 3.63) is 96.1 Å². The predicted molar refractivity (Wildman–Crippen MR) is 166 cm³/mol. The van der Waals surface area contributed by atoms with Crippen LogP contribution in [0.4, 0.5) is 0 Å². The molecule has 8 rings (SSSR count). The standard InChI is InChI=1S/C38H36/c1-3-11-25(12-4-1)27-19-21-31-32-22-20-28(26-13-5-2-6-14-26)24-36(32)38-34-18-10-8-16-30(34)29-15-7-9-17-33(29)37(38)35(31)23-27/h7-10,15-26H,1-6,11-14H2. The van der Waals surface area contributed by atoms with Crippen molar-refractivity contribution < 1.29 is 0 Å². The molecule has 2 aliphatic rings. The van der Waals surface area contributed by atoms with Crippen molar-refractivity contribution in [1.82, 2.24) is 0 Å². The largest absolute Gasteiger partial charge is 0.0616 e. The molecular formula is C38H36. The van der Waals surface area contributed by atoms with Crippen LogP contribution < -0.4 is 0 Å². The van der Waals surface area contributed by atoms with Crippen LogP contribution in [0.2, 0.25) is 0 Å². The van der Waals surface area contributed by atoms with Crippen LogP contribution >= 0.6 is 0 Å². The van der Waals surface area contributed by atoms with Crippen molar-refractivity contribution in [3.63, 3.8) is 0 Å². The Labute approximate surface area is 225 Å². The predicted octanol–water partition coefficient (Wildman–Crippen LogP) is 11.5. The van der Waals surface area contributed by atoms with Gasteiger partial charge in [0.1, 0.15) is 0 Å². The van der Waals surface area contributed by atoms with Gasteiger partial charge in [-0.25, -0.2) is 0 Å². The van der Waals surface area contributed by atoms with E-state index in [4.69, 9.17) is 0 Å². The third kappa shape index (κ3) is 3.49. The minimum atomic E-state index is 0.708. The lowest BCUT2D eigenvalue weighted by atomic mass is 9.80. The summed E-state index contributed by atoms with van der Waals surface area (Å²) in [5, 5.41) is 14.2. The van der Waals surface area contributed by atoms with Crippen molar-refractivity contribution >= 4 is 53.9 Å². The Balaban J connectivity index is 1.54. The lowest BCUT2D eigenvalue weighted by Crippen LogP contribution is -2.05. The molecule has 0 bridgehead atoms. The Bertz CT molecular complexity index is 1690. The molecule has 2 aliphatic carbocycles. The Kier molecular flexibility index (Phi) is 5.42. The summed E-state index contributed by atoms with van der Waals surface area (Å²) in [7, 11) is 0. The lowest BCUT2D eigenvalue weighted by Gasteiger charge is -2.24. The van der Waals surface area contributed by atoms with Gasteiger partial charge < -0.3 is 0 Å². The highest BCUT2D eigenvalue weighted by atomic mass is 14.3. The highest BCUT2D eigenvalue weighted by molar-refractivity contribution is 6.39. The summed E-state index contributed by atoms with van der Waals surface area (Å²) in [6, 6.07) is 33.3. The van der Waals surface area contributed by atoms with Gasteiger partial charge >= 0.3 is 0 Å². The second-order valence-corrected chi connectivity index (χ2v) is 12.1. The van der Waals surface area contributed by atoms with Gasteiger partial charge in [-0.3, -0.25) is 0 Å². The first-order chi connectivity index (χ1) is 18.9. The Morgan fingerprint density at radius 2 is 0.711 bits per heavy atom. The van der Waals surface area contributed by atoms with E-state index in [9.17, 15) is 0 Å². The average Bonchev–Trinajstić information content (AvgIpc) is 3.01. The number of benzene rings is 6. The summed E-state index contributed by atoms with van der Waals surface area (Å²) in [4.78, 5) is 0. The molecule has 6 aromatic carbocycles. The molecule has 0 N–H and O–H groups in total. The molecule has 0 heterocycles. The molecule has 6 aromatic rings. The molecule has 0 spiro atoms. The Morgan fingerprint density at radius 3 is 1.13 bits per heavy atom. The van der Waals surface area contributed by atoms with Crippen molar-refractivity contribution in [2.75, 3.05) is 0 Å². The molecule has 0 aromatic heterocycles. The van der Waals surface area contributed by atoms with Crippen LogP contribution in [0, 0.1) is 0 Å². The molecule has 0 saturated heterocycles. The monoisotopic (exact) mass is 492 g/mol. The number of hydrogen-bond acceptors (Lipinski definition) is 0. The van der Waals surface area contributed by atoms with E-state index in [1.54, 1.807) is 11.1 Å². The molecule has 2 fully saturated rings. The first-order valence-electron chi connectivity index (χ1n) is 15.1. The molecule has 0 aliphatic heterocycles. The first-order valence-corrected chi connectivity index (χ1v) is 15.1. The van der Waals surface area contributed by atoms with Gasteiger partial charge in [-0.1, -0.05) is 123 Å². The van der Waals surface area contributed by atoms with Crippen molar-refractivity contribution in [3.8, 4) is 0 Å². The fourth-order valence-corrected chi connectivity index (χ4v) is 8.09. The van der Waals surface area contributed by atoms with Crippen LogP contribution in [0.25, 0.3) is 53.9 Å². The number of fused-ring (bicyclic) bond motifs is 11. The summed E-state index contributed by atoms with van der Waals surface area (Å²) in [5.41, 5.74) is 3.10. The van der Waals surface area contributed by atoms with Gasteiger partial charge in [-0.05, 0) is 103 Å². The van der Waals surface area contributed by atoms with E-state index in [1.807, 2.05) is 0 Å². The third-order valence-corrected chi connectivity index (χ3v) is 10.0. The van der Waals surface area contributed by atoms with Crippen LogP contribution in [0.5, 0.6) is 0 Å². The van der Waals surface area contributed by atoms with E-state index >= 15 is 0 Å². The molecule has 2 saturated carbocycles. The maximum absolute atomic E-state index is 2.59. The maximum atomic E-state index is 2.59. The van der Waals surface area contributed by atoms with Crippen LogP contribution in [-0.4, -0.2) is 0 Å². The SMILES string of the molecule is c1ccc2c(c1)c1ccccc1c1c3cc(C4CCCCC4)ccc3c3ccc(C4CCCCC4)cc3c21. The second-order valence-electron chi connectivity index (χ2n) is 12.1. The smallest absolute Gasteiger partial charge is 0.00138 e. The van der Waals surface area contributed by atoms with Crippen LogP contribution in [0.1, 0.15) is 87.2 Å². The fraction of sp³-hybridized carbons (Fsp3) is 0.316. The first kappa shape index (κ1) is 22.6. The minimum Gasteiger partial charge on any atom is -0.0616 e. The second kappa shape index (κ2) is 9.12. The molecule has 0 heteroatoms. The molecule has 38 heavy (non-hydrogen) atoms. The lowest BCUT2D eigenvalue weighted by molar-refractivity contribution is 0.444. The van der Waals surface area contributed by atoms with Crippen LogP contribution in [0.3, 0.4) is 0 Å². The van der Waals surface area contributed by atoms with Gasteiger partial charge in [0.2, 0.25) is 0 Å². The van der Waals surface area contributed by atoms with Gasteiger partial charge in [0.05, 0.1) is 0 Å². The zero-order valence-electron chi connectivity index (χ0n) is 22.3. The number of rotatable bonds is 2. The average molecular weight is 493 g/mol. The van der Waals surface area contributed by atoms with E-state index in [0.29, 0.717) is 11.8 Å². The zero-order chi connectivity index (χ0) is 25.1. The Morgan fingerprint density at radius 1 is 0.342 bits per heavy atom. The van der Waals surface area contributed by atoms with Crippen LogP contribution in [-0.2, 0) is 0 Å².